The third-order valence-corrected chi connectivity index (χ3v) is 4.12. The monoisotopic (exact) mass is 341 g/mol. The van der Waals surface area contributed by atoms with Crippen molar-refractivity contribution in [3.8, 4) is 0 Å². The van der Waals surface area contributed by atoms with E-state index in [0.717, 1.165) is 10.6 Å². The van der Waals surface area contributed by atoms with Gasteiger partial charge in [0.05, 0.1) is 11.8 Å². The van der Waals surface area contributed by atoms with Crippen LogP contribution in [0.2, 0.25) is 0 Å². The molecule has 6 nitrogen and oxygen atoms in total. The number of hydrogen-bond acceptors (Lipinski definition) is 4. The number of fused-ring (bicyclic) bond motifs is 1. The van der Waals surface area contributed by atoms with Gasteiger partial charge in [-0.25, -0.2) is 4.98 Å². The maximum atomic E-state index is 13.0. The molecule has 0 saturated carbocycles. The van der Waals surface area contributed by atoms with Crippen LogP contribution in [0.25, 0.3) is 11.1 Å². The van der Waals surface area contributed by atoms with Gasteiger partial charge in [-0.1, -0.05) is 0 Å². The first kappa shape index (κ1) is 16.3. The second-order valence-corrected chi connectivity index (χ2v) is 5.81. The van der Waals surface area contributed by atoms with Crippen LogP contribution in [0.3, 0.4) is 0 Å². The van der Waals surface area contributed by atoms with Crippen LogP contribution in [-0.4, -0.2) is 41.0 Å². The Labute approximate surface area is 134 Å². The van der Waals surface area contributed by atoms with E-state index in [1.807, 2.05) is 0 Å². The standard InChI is InChI=1S/C15H14F3N3O3/c1-7-2-3-11-10(20-7)4-12(24-11)14(23)21-5-8(13(19)22)9(6-21)15(16,17)18/h2-4,8-9H,5-6H2,1H3,(H2,19,22)/t8-,9-/m1/s1. The van der Waals surface area contributed by atoms with Crippen LogP contribution in [0.5, 0.6) is 0 Å². The van der Waals surface area contributed by atoms with Crippen LogP contribution in [0.4, 0.5) is 13.2 Å². The molecule has 1 fully saturated rings. The molecule has 3 rings (SSSR count). The number of rotatable bonds is 2. The van der Waals surface area contributed by atoms with Gasteiger partial charge in [0.1, 0.15) is 5.52 Å². The molecular formula is C15H14F3N3O3. The number of alkyl halides is 3. The van der Waals surface area contributed by atoms with Gasteiger partial charge in [0.2, 0.25) is 5.91 Å². The maximum absolute atomic E-state index is 13.0. The Balaban J connectivity index is 1.87. The zero-order chi connectivity index (χ0) is 17.6. The summed E-state index contributed by atoms with van der Waals surface area (Å²) in [5.41, 5.74) is 6.57. The molecule has 1 aliphatic heterocycles. The average molecular weight is 341 g/mol. The Bertz CT molecular complexity index is 815. The smallest absolute Gasteiger partial charge is 0.394 e. The number of primary amides is 1. The number of furan rings is 1. The number of amides is 2. The highest BCUT2D eigenvalue weighted by Crippen LogP contribution is 2.38. The van der Waals surface area contributed by atoms with E-state index in [4.69, 9.17) is 10.2 Å². The number of hydrogen-bond donors (Lipinski definition) is 1. The summed E-state index contributed by atoms with van der Waals surface area (Å²) in [5, 5.41) is 0. The number of nitrogens with zero attached hydrogens (tertiary/aromatic N) is 2. The minimum Gasteiger partial charge on any atom is -0.449 e. The number of halogens is 3. The molecule has 3 heterocycles. The van der Waals surface area contributed by atoms with E-state index in [0.29, 0.717) is 11.1 Å². The molecule has 0 unspecified atom stereocenters. The Kier molecular flexibility index (Phi) is 3.73. The van der Waals surface area contributed by atoms with Crippen LogP contribution >= 0.6 is 0 Å². The summed E-state index contributed by atoms with van der Waals surface area (Å²) in [6.45, 7) is 0.751. The van der Waals surface area contributed by atoms with Crippen LogP contribution in [0, 0.1) is 18.8 Å². The van der Waals surface area contributed by atoms with E-state index in [9.17, 15) is 22.8 Å². The Morgan fingerprint density at radius 1 is 1.33 bits per heavy atom. The highest BCUT2D eigenvalue weighted by atomic mass is 19.4. The largest absolute Gasteiger partial charge is 0.449 e. The van der Waals surface area contributed by atoms with Crippen molar-refractivity contribution in [1.82, 2.24) is 9.88 Å². The zero-order valence-corrected chi connectivity index (χ0v) is 12.6. The number of aryl methyl sites for hydroxylation is 1. The molecule has 2 aromatic rings. The van der Waals surface area contributed by atoms with E-state index in [1.54, 1.807) is 19.1 Å². The summed E-state index contributed by atoms with van der Waals surface area (Å²) >= 11 is 0. The molecule has 1 saturated heterocycles. The van der Waals surface area contributed by atoms with Crippen LogP contribution < -0.4 is 5.73 Å². The first-order valence-electron chi connectivity index (χ1n) is 7.19. The second-order valence-electron chi connectivity index (χ2n) is 5.81. The summed E-state index contributed by atoms with van der Waals surface area (Å²) in [6.07, 6.45) is -4.61. The molecule has 2 atom stereocenters. The molecule has 128 valence electrons. The summed E-state index contributed by atoms with van der Waals surface area (Å²) in [5.74, 6) is -5.34. The van der Waals surface area contributed by atoms with E-state index in [2.05, 4.69) is 4.98 Å². The molecule has 0 spiro atoms. The third-order valence-electron chi connectivity index (χ3n) is 4.12. The molecule has 0 aliphatic carbocycles. The van der Waals surface area contributed by atoms with Crippen molar-refractivity contribution in [1.29, 1.82) is 0 Å². The molecular weight excluding hydrogens is 327 g/mol. The number of likely N-dealkylation sites (tertiary alicyclic amines) is 1. The first-order chi connectivity index (χ1) is 11.2. The minimum atomic E-state index is -4.61. The second kappa shape index (κ2) is 5.50. The Morgan fingerprint density at radius 3 is 2.62 bits per heavy atom. The van der Waals surface area contributed by atoms with Gasteiger partial charge in [0.25, 0.3) is 5.91 Å². The van der Waals surface area contributed by atoms with Gasteiger partial charge in [-0.2, -0.15) is 13.2 Å². The molecule has 0 aromatic carbocycles. The third kappa shape index (κ3) is 2.81. The van der Waals surface area contributed by atoms with E-state index < -0.39 is 36.4 Å². The lowest BCUT2D eigenvalue weighted by Gasteiger charge is -2.18. The molecule has 2 N–H and O–H groups in total. The van der Waals surface area contributed by atoms with Gasteiger partial charge in [-0.3, -0.25) is 9.59 Å². The molecule has 9 heteroatoms. The van der Waals surface area contributed by atoms with Crippen molar-refractivity contribution in [3.63, 3.8) is 0 Å². The predicted molar refractivity (Wildman–Crippen MR) is 76.9 cm³/mol. The minimum absolute atomic E-state index is 0.117. The average Bonchev–Trinajstić information content (AvgIpc) is 3.09. The molecule has 0 bridgehead atoms. The summed E-state index contributed by atoms with van der Waals surface area (Å²) < 4.78 is 44.5. The fourth-order valence-electron chi connectivity index (χ4n) is 2.88. The Hall–Kier alpha value is -2.58. The SMILES string of the molecule is Cc1ccc2oc(C(=O)N3C[C@@H](C(F)(F)F)[C@H](C(N)=O)C3)cc2n1. The lowest BCUT2D eigenvalue weighted by atomic mass is 9.95. The van der Waals surface area contributed by atoms with Gasteiger partial charge < -0.3 is 15.1 Å². The van der Waals surface area contributed by atoms with Crippen molar-refractivity contribution >= 4 is 22.9 Å². The van der Waals surface area contributed by atoms with Gasteiger partial charge in [-0.05, 0) is 19.1 Å². The number of nitrogens with two attached hydrogens (primary N) is 1. The fourth-order valence-corrected chi connectivity index (χ4v) is 2.88. The molecule has 0 radical (unpaired) electrons. The number of carbonyl (C=O) groups is 2. The van der Waals surface area contributed by atoms with Crippen molar-refractivity contribution in [2.75, 3.05) is 13.1 Å². The number of carbonyl (C=O) groups excluding carboxylic acids is 2. The topological polar surface area (TPSA) is 89.4 Å². The molecule has 2 amide bonds. The van der Waals surface area contributed by atoms with Gasteiger partial charge in [0, 0.05) is 24.8 Å². The quantitative estimate of drug-likeness (QED) is 0.903. The van der Waals surface area contributed by atoms with Gasteiger partial charge in [-0.15, -0.1) is 0 Å². The first-order valence-corrected chi connectivity index (χ1v) is 7.19. The van der Waals surface area contributed by atoms with Crippen molar-refractivity contribution in [2.24, 2.45) is 17.6 Å². The normalized spacial score (nSPS) is 21.4. The highest BCUT2D eigenvalue weighted by molar-refractivity contribution is 5.96. The summed E-state index contributed by atoms with van der Waals surface area (Å²) in [7, 11) is 0. The lowest BCUT2D eigenvalue weighted by molar-refractivity contribution is -0.182. The van der Waals surface area contributed by atoms with Crippen LogP contribution in [0.1, 0.15) is 16.2 Å². The van der Waals surface area contributed by atoms with Crippen molar-refractivity contribution in [3.05, 3.63) is 29.7 Å². The molecule has 2 aromatic heterocycles. The highest BCUT2D eigenvalue weighted by Gasteiger charge is 2.53. The predicted octanol–water partition coefficient (Wildman–Crippen LogP) is 1.87. The van der Waals surface area contributed by atoms with Crippen LogP contribution in [0.15, 0.2) is 22.6 Å². The van der Waals surface area contributed by atoms with Crippen LogP contribution in [-0.2, 0) is 4.79 Å². The van der Waals surface area contributed by atoms with E-state index in [1.165, 1.54) is 6.07 Å². The molecule has 1 aliphatic rings. The van der Waals surface area contributed by atoms with Crippen molar-refractivity contribution < 1.29 is 27.2 Å². The van der Waals surface area contributed by atoms with Gasteiger partial charge in [0.15, 0.2) is 11.3 Å². The number of aromatic nitrogens is 1. The van der Waals surface area contributed by atoms with E-state index in [-0.39, 0.29) is 12.3 Å². The fraction of sp³-hybridized carbons (Fsp3) is 0.400. The van der Waals surface area contributed by atoms with Gasteiger partial charge >= 0.3 is 6.18 Å². The number of pyridine rings is 1. The molecule has 24 heavy (non-hydrogen) atoms. The summed E-state index contributed by atoms with van der Waals surface area (Å²) in [4.78, 5) is 28.8. The van der Waals surface area contributed by atoms with Crippen molar-refractivity contribution in [2.45, 2.75) is 13.1 Å². The van der Waals surface area contributed by atoms with E-state index >= 15 is 0 Å². The Morgan fingerprint density at radius 2 is 2.04 bits per heavy atom. The summed E-state index contributed by atoms with van der Waals surface area (Å²) in [6, 6.07) is 4.70. The zero-order valence-electron chi connectivity index (χ0n) is 12.6. The maximum Gasteiger partial charge on any atom is 0.394 e. The lowest BCUT2D eigenvalue weighted by Crippen LogP contribution is -2.37.